The minimum atomic E-state index is -4.41. The van der Waals surface area contributed by atoms with E-state index in [1.54, 1.807) is 19.9 Å². The number of rotatable bonds is 5. The summed E-state index contributed by atoms with van der Waals surface area (Å²) in [6.07, 6.45) is -0.0973. The van der Waals surface area contributed by atoms with E-state index in [1.165, 1.54) is 35.6 Å². The molecule has 128 valence electrons. The van der Waals surface area contributed by atoms with Crippen molar-refractivity contribution in [3.05, 3.63) is 59.7 Å². The first kappa shape index (κ1) is 17.9. The van der Waals surface area contributed by atoms with Crippen LogP contribution in [0.15, 0.2) is 42.9 Å². The Morgan fingerprint density at radius 1 is 1.25 bits per heavy atom. The highest BCUT2D eigenvalue weighted by Crippen LogP contribution is 2.32. The van der Waals surface area contributed by atoms with E-state index in [-0.39, 0.29) is 23.6 Å². The minimum Gasteiger partial charge on any atom is -0.335 e. The lowest BCUT2D eigenvalue weighted by atomic mass is 9.99. The number of hydrogen-bond acceptors (Lipinski definition) is 3. The zero-order valence-electron chi connectivity index (χ0n) is 13.4. The van der Waals surface area contributed by atoms with E-state index >= 15 is 0 Å². The first-order valence-corrected chi connectivity index (χ1v) is 7.56. The molecule has 1 atom stereocenters. The van der Waals surface area contributed by atoms with E-state index in [1.807, 2.05) is 0 Å². The van der Waals surface area contributed by atoms with E-state index in [9.17, 15) is 18.0 Å². The monoisotopic (exact) mass is 337 g/mol. The zero-order chi connectivity index (χ0) is 17.7. The third kappa shape index (κ3) is 4.10. The summed E-state index contributed by atoms with van der Waals surface area (Å²) in [5.41, 5.74) is -0.321. The molecule has 7 heteroatoms. The summed E-state index contributed by atoms with van der Waals surface area (Å²) < 4.78 is 39.3. The van der Waals surface area contributed by atoms with Crippen LogP contribution in [0.3, 0.4) is 0 Å². The molecule has 1 aromatic heterocycles. The Morgan fingerprint density at radius 3 is 2.54 bits per heavy atom. The lowest BCUT2D eigenvalue weighted by Crippen LogP contribution is -2.40. The van der Waals surface area contributed by atoms with Gasteiger partial charge in [0.25, 0.3) is 5.91 Å². The second kappa shape index (κ2) is 7.42. The SMILES string of the molecule is CCN(C(=O)c1cnccn1)[C@H](C)Cc1ccccc1C(F)(F)F. The number of carbonyl (C=O) groups is 1. The van der Waals surface area contributed by atoms with Crippen LogP contribution in [0.25, 0.3) is 0 Å². The number of halogens is 3. The van der Waals surface area contributed by atoms with Crippen molar-refractivity contribution in [2.45, 2.75) is 32.5 Å². The third-order valence-electron chi connectivity index (χ3n) is 3.75. The van der Waals surface area contributed by atoms with Gasteiger partial charge in [-0.1, -0.05) is 18.2 Å². The Hall–Kier alpha value is -2.44. The van der Waals surface area contributed by atoms with Gasteiger partial charge in [0.05, 0.1) is 11.8 Å². The van der Waals surface area contributed by atoms with Gasteiger partial charge in [-0.25, -0.2) is 4.98 Å². The summed E-state index contributed by atoms with van der Waals surface area (Å²) in [6.45, 7) is 3.87. The Bertz CT molecular complexity index is 689. The molecule has 0 saturated carbocycles. The molecular formula is C17H18F3N3O. The van der Waals surface area contributed by atoms with Gasteiger partial charge in [-0.05, 0) is 31.9 Å². The Labute approximate surface area is 138 Å². The van der Waals surface area contributed by atoms with E-state index in [0.717, 1.165) is 6.07 Å². The molecule has 0 aliphatic heterocycles. The van der Waals surface area contributed by atoms with Crippen LogP contribution in [0.5, 0.6) is 0 Å². The Kier molecular flexibility index (Phi) is 5.54. The van der Waals surface area contributed by atoms with Crippen molar-refractivity contribution in [1.29, 1.82) is 0 Å². The van der Waals surface area contributed by atoms with Crippen LogP contribution in [0, 0.1) is 0 Å². The van der Waals surface area contributed by atoms with Crippen molar-refractivity contribution in [1.82, 2.24) is 14.9 Å². The van der Waals surface area contributed by atoms with Crippen molar-refractivity contribution in [2.24, 2.45) is 0 Å². The van der Waals surface area contributed by atoms with Crippen LogP contribution >= 0.6 is 0 Å². The van der Waals surface area contributed by atoms with E-state index < -0.39 is 17.8 Å². The second-order valence-electron chi connectivity index (χ2n) is 5.39. The molecule has 0 aliphatic rings. The molecule has 0 saturated heterocycles. The van der Waals surface area contributed by atoms with E-state index in [0.29, 0.717) is 6.54 Å². The summed E-state index contributed by atoms with van der Waals surface area (Å²) in [5, 5.41) is 0. The summed E-state index contributed by atoms with van der Waals surface area (Å²) in [6, 6.07) is 5.02. The number of hydrogen-bond donors (Lipinski definition) is 0. The lowest BCUT2D eigenvalue weighted by molar-refractivity contribution is -0.138. The van der Waals surface area contributed by atoms with Gasteiger partial charge in [0.15, 0.2) is 0 Å². The van der Waals surface area contributed by atoms with Gasteiger partial charge in [-0.3, -0.25) is 9.78 Å². The average molecular weight is 337 g/mol. The van der Waals surface area contributed by atoms with Crippen molar-refractivity contribution in [3.63, 3.8) is 0 Å². The summed E-state index contributed by atoms with van der Waals surface area (Å²) in [4.78, 5) is 21.8. The maximum absolute atomic E-state index is 13.1. The molecule has 0 radical (unpaired) electrons. The van der Waals surface area contributed by atoms with E-state index in [2.05, 4.69) is 9.97 Å². The number of amides is 1. The lowest BCUT2D eigenvalue weighted by Gasteiger charge is -2.28. The Morgan fingerprint density at radius 2 is 1.96 bits per heavy atom. The fraction of sp³-hybridized carbons (Fsp3) is 0.353. The maximum atomic E-state index is 13.1. The molecule has 1 amide bonds. The quantitative estimate of drug-likeness (QED) is 0.838. The first-order valence-electron chi connectivity index (χ1n) is 7.56. The fourth-order valence-electron chi connectivity index (χ4n) is 2.62. The number of aromatic nitrogens is 2. The van der Waals surface area contributed by atoms with Gasteiger partial charge in [-0.2, -0.15) is 13.2 Å². The van der Waals surface area contributed by atoms with E-state index in [4.69, 9.17) is 0 Å². The highest BCUT2D eigenvalue weighted by molar-refractivity contribution is 5.92. The van der Waals surface area contributed by atoms with Gasteiger partial charge in [-0.15, -0.1) is 0 Å². The van der Waals surface area contributed by atoms with Crippen LogP contribution in [-0.2, 0) is 12.6 Å². The molecule has 1 aromatic carbocycles. The van der Waals surface area contributed by atoms with Gasteiger partial charge in [0.1, 0.15) is 5.69 Å². The van der Waals surface area contributed by atoms with Crippen molar-refractivity contribution >= 4 is 5.91 Å². The molecule has 0 fully saturated rings. The standard InChI is InChI=1S/C17H18F3N3O/c1-3-23(16(24)15-11-21-8-9-22-15)12(2)10-13-6-4-5-7-14(13)17(18,19)20/h4-9,11-12H,3,10H2,1-2H3/t12-/m1/s1. The van der Waals surface area contributed by atoms with Crippen LogP contribution in [-0.4, -0.2) is 33.4 Å². The molecule has 24 heavy (non-hydrogen) atoms. The molecule has 2 rings (SSSR count). The predicted molar refractivity (Wildman–Crippen MR) is 83.4 cm³/mol. The first-order chi connectivity index (χ1) is 11.3. The molecule has 0 unspecified atom stereocenters. The summed E-state index contributed by atoms with van der Waals surface area (Å²) >= 11 is 0. The number of carbonyl (C=O) groups excluding carboxylic acids is 1. The third-order valence-corrected chi connectivity index (χ3v) is 3.75. The van der Waals surface area contributed by atoms with Crippen LogP contribution in [0.4, 0.5) is 13.2 Å². The molecule has 1 heterocycles. The van der Waals surface area contributed by atoms with Crippen molar-refractivity contribution < 1.29 is 18.0 Å². The smallest absolute Gasteiger partial charge is 0.335 e. The minimum absolute atomic E-state index is 0.107. The molecular weight excluding hydrogens is 319 g/mol. The molecule has 0 bridgehead atoms. The molecule has 2 aromatic rings. The van der Waals surface area contributed by atoms with Crippen LogP contribution in [0.2, 0.25) is 0 Å². The number of nitrogens with zero attached hydrogens (tertiary/aromatic N) is 3. The molecule has 0 aliphatic carbocycles. The molecule has 0 N–H and O–H groups in total. The fourth-order valence-corrected chi connectivity index (χ4v) is 2.62. The summed E-state index contributed by atoms with van der Waals surface area (Å²) in [5.74, 6) is -0.345. The van der Waals surface area contributed by atoms with Gasteiger partial charge < -0.3 is 4.90 Å². The average Bonchev–Trinajstić information content (AvgIpc) is 2.55. The van der Waals surface area contributed by atoms with Crippen molar-refractivity contribution in [3.8, 4) is 0 Å². The molecule has 4 nitrogen and oxygen atoms in total. The van der Waals surface area contributed by atoms with Crippen molar-refractivity contribution in [2.75, 3.05) is 6.54 Å². The maximum Gasteiger partial charge on any atom is 0.416 e. The molecule has 0 spiro atoms. The second-order valence-corrected chi connectivity index (χ2v) is 5.39. The van der Waals surface area contributed by atoms with Crippen LogP contribution in [0.1, 0.15) is 35.5 Å². The number of likely N-dealkylation sites (N-methyl/N-ethyl adjacent to an activating group) is 1. The topological polar surface area (TPSA) is 46.1 Å². The number of alkyl halides is 3. The van der Waals surface area contributed by atoms with Crippen LogP contribution < -0.4 is 0 Å². The normalized spacial score (nSPS) is 12.7. The highest BCUT2D eigenvalue weighted by atomic mass is 19.4. The summed E-state index contributed by atoms with van der Waals surface area (Å²) in [7, 11) is 0. The van der Waals surface area contributed by atoms with Gasteiger partial charge in [0, 0.05) is 25.0 Å². The highest BCUT2D eigenvalue weighted by Gasteiger charge is 2.33. The van der Waals surface area contributed by atoms with Gasteiger partial charge in [0.2, 0.25) is 0 Å². The predicted octanol–water partition coefficient (Wildman–Crippen LogP) is 3.59. The Balaban J connectivity index is 2.22. The largest absolute Gasteiger partial charge is 0.416 e. The number of benzene rings is 1. The zero-order valence-corrected chi connectivity index (χ0v) is 13.4. The van der Waals surface area contributed by atoms with Gasteiger partial charge >= 0.3 is 6.18 Å².